The van der Waals surface area contributed by atoms with Gasteiger partial charge in [0.15, 0.2) is 0 Å². The highest BCUT2D eigenvalue weighted by atomic mass is 32.2. The first-order chi connectivity index (χ1) is 19.8. The number of halogens is 3. The van der Waals surface area contributed by atoms with E-state index in [9.17, 15) is 36.3 Å². The number of benzene rings is 2. The van der Waals surface area contributed by atoms with Crippen LogP contribution in [0.5, 0.6) is 5.75 Å². The molecule has 2 heterocycles. The van der Waals surface area contributed by atoms with E-state index in [4.69, 9.17) is 0 Å². The number of carbonyl (C=O) groups is 2. The zero-order valence-electron chi connectivity index (χ0n) is 22.8. The summed E-state index contributed by atoms with van der Waals surface area (Å²) in [5, 5.41) is 12.8. The molecule has 2 atom stereocenters. The van der Waals surface area contributed by atoms with Gasteiger partial charge in [-0.15, -0.1) is 24.5 Å². The van der Waals surface area contributed by atoms with E-state index in [0.717, 1.165) is 63.9 Å². The van der Waals surface area contributed by atoms with Crippen molar-refractivity contribution in [2.45, 2.75) is 69.3 Å². The average Bonchev–Trinajstić information content (AvgIpc) is 3.33. The maximum absolute atomic E-state index is 13.7. The molecule has 0 bridgehead atoms. The van der Waals surface area contributed by atoms with Crippen molar-refractivity contribution >= 4 is 33.2 Å². The molecule has 14 heteroatoms. The van der Waals surface area contributed by atoms with Gasteiger partial charge >= 0.3 is 12.3 Å². The first-order valence-corrected chi connectivity index (χ1v) is 15.5. The summed E-state index contributed by atoms with van der Waals surface area (Å²) < 4.78 is 69.9. The second kappa shape index (κ2) is 12.8. The van der Waals surface area contributed by atoms with E-state index in [1.807, 2.05) is 24.3 Å². The van der Waals surface area contributed by atoms with Crippen molar-refractivity contribution in [1.29, 1.82) is 0 Å². The first-order valence-electron chi connectivity index (χ1n) is 13.2. The Morgan fingerprint density at radius 1 is 1.12 bits per heavy atom. The Labute approximate surface area is 245 Å². The average molecular weight is 626 g/mol. The van der Waals surface area contributed by atoms with E-state index in [1.165, 1.54) is 0 Å². The Morgan fingerprint density at radius 3 is 2.33 bits per heavy atom. The fourth-order valence-electron chi connectivity index (χ4n) is 4.85. The van der Waals surface area contributed by atoms with Crippen molar-refractivity contribution in [2.75, 3.05) is 6.54 Å². The standard InChI is InChI=1S/C28H30F3N3O6S2/c1-3-4-18-5-7-19(8-6-18)16-32-25(35)23-15-20(26-33-17(2)24(41-26)27(36)37)13-14-34(23)42(38,39)22-11-9-21(10-12-22)40-28(29,30)31/h5-12,20,23H,3-4,13-16H2,1-2H3,(H,32,35)(H,36,37)/t20-,23-/m1/s1. The van der Waals surface area contributed by atoms with Crippen LogP contribution < -0.4 is 10.1 Å². The van der Waals surface area contributed by atoms with Crippen LogP contribution in [0.15, 0.2) is 53.4 Å². The molecule has 9 nitrogen and oxygen atoms in total. The van der Waals surface area contributed by atoms with Crippen LogP contribution in [0, 0.1) is 6.92 Å². The summed E-state index contributed by atoms with van der Waals surface area (Å²) >= 11 is 0.998. The van der Waals surface area contributed by atoms with Gasteiger partial charge in [-0.25, -0.2) is 18.2 Å². The molecule has 1 aliphatic rings. The van der Waals surface area contributed by atoms with Gasteiger partial charge in [-0.1, -0.05) is 37.6 Å². The molecular weight excluding hydrogens is 595 g/mol. The van der Waals surface area contributed by atoms with Gasteiger partial charge in [-0.3, -0.25) is 4.79 Å². The largest absolute Gasteiger partial charge is 0.573 e. The summed E-state index contributed by atoms with van der Waals surface area (Å²) in [7, 11) is -4.31. The molecule has 42 heavy (non-hydrogen) atoms. The number of rotatable bonds is 10. The number of piperidine rings is 1. The summed E-state index contributed by atoms with van der Waals surface area (Å²) in [4.78, 5) is 29.2. The number of nitrogens with one attached hydrogen (secondary N) is 1. The molecule has 1 saturated heterocycles. The second-order valence-corrected chi connectivity index (χ2v) is 12.8. The van der Waals surface area contributed by atoms with Crippen LogP contribution in [-0.2, 0) is 27.8 Å². The Balaban J connectivity index is 1.59. The number of aryl methyl sites for hydroxylation is 2. The molecule has 1 aromatic heterocycles. The van der Waals surface area contributed by atoms with Crippen molar-refractivity contribution in [3.63, 3.8) is 0 Å². The van der Waals surface area contributed by atoms with Gasteiger partial charge in [-0.2, -0.15) is 4.31 Å². The lowest BCUT2D eigenvalue weighted by Gasteiger charge is -2.37. The SMILES string of the molecule is CCCc1ccc(CNC(=O)[C@H]2C[C@H](c3nc(C)c(C(=O)O)s3)CCN2S(=O)(=O)c2ccc(OC(F)(F)F)cc2)cc1. The van der Waals surface area contributed by atoms with E-state index in [-0.39, 0.29) is 41.6 Å². The molecule has 226 valence electrons. The lowest BCUT2D eigenvalue weighted by Crippen LogP contribution is -2.53. The van der Waals surface area contributed by atoms with Crippen LogP contribution >= 0.6 is 11.3 Å². The van der Waals surface area contributed by atoms with Crippen LogP contribution in [-0.4, -0.2) is 53.6 Å². The minimum Gasteiger partial charge on any atom is -0.477 e. The van der Waals surface area contributed by atoms with Crippen molar-refractivity contribution in [3.05, 3.63) is 75.2 Å². The number of nitrogens with zero attached hydrogens (tertiary/aromatic N) is 2. The minimum atomic E-state index is -4.93. The number of hydrogen-bond acceptors (Lipinski definition) is 7. The summed E-state index contributed by atoms with van der Waals surface area (Å²) in [6.45, 7) is 3.72. The number of alkyl halides is 3. The molecule has 2 aromatic carbocycles. The molecule has 1 fully saturated rings. The number of carboxylic acid groups (broad SMARTS) is 1. The van der Waals surface area contributed by atoms with E-state index in [2.05, 4.69) is 22.0 Å². The quantitative estimate of drug-likeness (QED) is 0.315. The highest BCUT2D eigenvalue weighted by molar-refractivity contribution is 7.89. The molecule has 1 amide bonds. The number of carbonyl (C=O) groups excluding carboxylic acids is 1. The van der Waals surface area contributed by atoms with E-state index < -0.39 is 40.1 Å². The highest BCUT2D eigenvalue weighted by Crippen LogP contribution is 2.38. The molecule has 3 aromatic rings. The summed E-state index contributed by atoms with van der Waals surface area (Å²) in [6.07, 6.45) is -2.71. The maximum atomic E-state index is 13.7. The van der Waals surface area contributed by atoms with Crippen molar-refractivity contribution in [2.24, 2.45) is 0 Å². The fourth-order valence-corrected chi connectivity index (χ4v) is 7.52. The third-order valence-corrected chi connectivity index (χ3v) is 10.1. The lowest BCUT2D eigenvalue weighted by molar-refractivity contribution is -0.274. The van der Waals surface area contributed by atoms with Gasteiger partial charge in [0.1, 0.15) is 16.7 Å². The van der Waals surface area contributed by atoms with Crippen LogP contribution in [0.1, 0.15) is 63.6 Å². The molecule has 2 N–H and O–H groups in total. The summed E-state index contributed by atoms with van der Waals surface area (Å²) in [6, 6.07) is 10.3. The summed E-state index contributed by atoms with van der Waals surface area (Å²) in [5.74, 6) is -2.62. The lowest BCUT2D eigenvalue weighted by atomic mass is 9.92. The fraction of sp³-hybridized carbons (Fsp3) is 0.393. The van der Waals surface area contributed by atoms with Crippen molar-refractivity contribution < 1.29 is 41.0 Å². The van der Waals surface area contributed by atoms with Crippen molar-refractivity contribution in [1.82, 2.24) is 14.6 Å². The maximum Gasteiger partial charge on any atom is 0.573 e. The first kappa shape index (κ1) is 31.4. The van der Waals surface area contributed by atoms with Gasteiger partial charge in [0.2, 0.25) is 15.9 Å². The third kappa shape index (κ3) is 7.47. The zero-order valence-corrected chi connectivity index (χ0v) is 24.5. The van der Waals surface area contributed by atoms with Gasteiger partial charge in [0.25, 0.3) is 0 Å². The number of ether oxygens (including phenoxy) is 1. The molecule has 1 aliphatic heterocycles. The van der Waals surface area contributed by atoms with Crippen LogP contribution in [0.2, 0.25) is 0 Å². The molecule has 0 unspecified atom stereocenters. The number of aromatic nitrogens is 1. The van der Waals surface area contributed by atoms with Crippen LogP contribution in [0.3, 0.4) is 0 Å². The zero-order chi connectivity index (χ0) is 30.7. The van der Waals surface area contributed by atoms with E-state index in [1.54, 1.807) is 6.92 Å². The topological polar surface area (TPSA) is 126 Å². The van der Waals surface area contributed by atoms with Crippen LogP contribution in [0.4, 0.5) is 13.2 Å². The van der Waals surface area contributed by atoms with Gasteiger partial charge in [0.05, 0.1) is 15.6 Å². The Kier molecular flexibility index (Phi) is 9.58. The Hall–Kier alpha value is -3.49. The predicted octanol–water partition coefficient (Wildman–Crippen LogP) is 5.25. The number of hydrogen-bond donors (Lipinski definition) is 2. The Bertz CT molecular complexity index is 1520. The molecule has 4 rings (SSSR count). The molecule has 0 spiro atoms. The van der Waals surface area contributed by atoms with Crippen molar-refractivity contribution in [3.8, 4) is 5.75 Å². The Morgan fingerprint density at radius 2 is 1.76 bits per heavy atom. The van der Waals surface area contributed by atoms with E-state index >= 15 is 0 Å². The molecule has 0 saturated carbocycles. The monoisotopic (exact) mass is 625 g/mol. The molecule has 0 aliphatic carbocycles. The predicted molar refractivity (Wildman–Crippen MR) is 149 cm³/mol. The highest BCUT2D eigenvalue weighted by Gasteiger charge is 2.42. The number of amides is 1. The van der Waals surface area contributed by atoms with Gasteiger partial charge in [0, 0.05) is 19.0 Å². The molecule has 0 radical (unpaired) electrons. The minimum absolute atomic E-state index is 0.0434. The normalized spacial score (nSPS) is 18.0. The smallest absolute Gasteiger partial charge is 0.477 e. The molecular formula is C28H30F3N3O6S2. The number of carboxylic acids is 1. The number of aromatic carboxylic acids is 1. The van der Waals surface area contributed by atoms with E-state index in [0.29, 0.717) is 10.7 Å². The third-order valence-electron chi connectivity index (χ3n) is 6.90. The second-order valence-electron chi connectivity index (χ2n) is 9.93. The van der Waals surface area contributed by atoms with Gasteiger partial charge in [-0.05, 0) is 61.6 Å². The van der Waals surface area contributed by atoms with Crippen LogP contribution in [0.25, 0.3) is 0 Å². The number of sulfonamides is 1. The number of thiazole rings is 1. The summed E-state index contributed by atoms with van der Waals surface area (Å²) in [5.41, 5.74) is 2.32. The van der Waals surface area contributed by atoms with Gasteiger partial charge < -0.3 is 15.2 Å².